The number of nitrogens with one attached hydrogen (secondary N) is 1. The number of aromatic nitrogens is 10. The highest BCUT2D eigenvalue weighted by Crippen LogP contribution is 2.48. The minimum absolute atomic E-state index is 0.0969. The van der Waals surface area contributed by atoms with Crippen molar-refractivity contribution >= 4 is 5.65 Å². The lowest BCUT2D eigenvalue weighted by Gasteiger charge is -2.24. The van der Waals surface area contributed by atoms with E-state index in [4.69, 9.17) is 4.74 Å². The minimum Gasteiger partial charge on any atom is -0.418 e. The van der Waals surface area contributed by atoms with Gasteiger partial charge in [-0.3, -0.25) is 14.5 Å². The molecule has 0 aromatic carbocycles. The maximum atomic E-state index is 13.3. The molecule has 0 amide bonds. The van der Waals surface area contributed by atoms with Crippen LogP contribution in [0.1, 0.15) is 40.9 Å². The molecule has 14 heteroatoms. The number of nitrogens with zero attached hydrogens (tertiary/aromatic N) is 9. The van der Waals surface area contributed by atoms with Crippen LogP contribution in [0.2, 0.25) is 0 Å². The SMILES string of the molecule is CCn1nc(C(F)(F)F)cc1-c1nc2c3c(ncn2n1)Oc1n[nH]c(C)c1[C@H]3c1cnn(C)c1. The van der Waals surface area contributed by atoms with Crippen LogP contribution in [0.4, 0.5) is 13.2 Å². The topological polar surface area (TPSA) is 117 Å². The van der Waals surface area contributed by atoms with Crippen molar-refractivity contribution < 1.29 is 17.9 Å². The zero-order chi connectivity index (χ0) is 23.8. The Balaban J connectivity index is 1.58. The Hall–Kier alpha value is -4.23. The summed E-state index contributed by atoms with van der Waals surface area (Å²) in [5.74, 6) is 0.412. The first-order valence-electron chi connectivity index (χ1n) is 10.4. The van der Waals surface area contributed by atoms with Gasteiger partial charge in [-0.05, 0) is 19.9 Å². The number of aryl methyl sites for hydroxylation is 3. The van der Waals surface area contributed by atoms with Crippen LogP contribution in [0.3, 0.4) is 0 Å². The summed E-state index contributed by atoms with van der Waals surface area (Å²) in [7, 11) is 1.81. The Morgan fingerprint density at radius 2 is 2.00 bits per heavy atom. The molecular formula is C20H17F3N10O. The second kappa shape index (κ2) is 6.88. The first-order chi connectivity index (χ1) is 16.2. The molecule has 5 aromatic rings. The number of hydrogen-bond acceptors (Lipinski definition) is 7. The minimum atomic E-state index is -4.58. The van der Waals surface area contributed by atoms with E-state index >= 15 is 0 Å². The predicted octanol–water partition coefficient (Wildman–Crippen LogP) is 3.08. The van der Waals surface area contributed by atoms with Crippen LogP contribution < -0.4 is 4.74 Å². The summed E-state index contributed by atoms with van der Waals surface area (Å²) in [6.07, 6.45) is 0.438. The molecule has 174 valence electrons. The van der Waals surface area contributed by atoms with Gasteiger partial charge in [0.05, 0.1) is 17.7 Å². The molecule has 0 fully saturated rings. The number of rotatable bonds is 3. The van der Waals surface area contributed by atoms with Crippen LogP contribution >= 0.6 is 0 Å². The summed E-state index contributed by atoms with van der Waals surface area (Å²) in [5, 5.41) is 19.6. The van der Waals surface area contributed by atoms with Crippen LogP contribution in [-0.4, -0.2) is 49.3 Å². The van der Waals surface area contributed by atoms with Crippen LogP contribution in [0.25, 0.3) is 17.2 Å². The normalized spacial score (nSPS) is 15.4. The third kappa shape index (κ3) is 2.90. The summed E-state index contributed by atoms with van der Waals surface area (Å²) in [5.41, 5.74) is 2.63. The van der Waals surface area contributed by atoms with Gasteiger partial charge in [-0.25, -0.2) is 14.5 Å². The maximum Gasteiger partial charge on any atom is 0.435 e. The second-order valence-corrected chi connectivity index (χ2v) is 7.95. The van der Waals surface area contributed by atoms with Crippen LogP contribution in [-0.2, 0) is 19.8 Å². The lowest BCUT2D eigenvalue weighted by atomic mass is 9.86. The molecule has 1 atom stereocenters. The predicted molar refractivity (Wildman–Crippen MR) is 110 cm³/mol. The third-order valence-corrected chi connectivity index (χ3v) is 5.77. The van der Waals surface area contributed by atoms with E-state index in [9.17, 15) is 13.2 Å². The molecule has 6 heterocycles. The van der Waals surface area contributed by atoms with Gasteiger partial charge in [0, 0.05) is 36.6 Å². The second-order valence-electron chi connectivity index (χ2n) is 7.95. The zero-order valence-electron chi connectivity index (χ0n) is 18.2. The van der Waals surface area contributed by atoms with Gasteiger partial charge in [-0.1, -0.05) is 0 Å². The third-order valence-electron chi connectivity index (χ3n) is 5.77. The molecule has 0 saturated heterocycles. The first kappa shape index (κ1) is 20.4. The molecule has 1 aliphatic heterocycles. The fourth-order valence-corrected chi connectivity index (χ4v) is 4.27. The number of alkyl halides is 3. The number of aromatic amines is 1. The number of hydrogen-bond donors (Lipinski definition) is 1. The molecule has 0 aliphatic carbocycles. The van der Waals surface area contributed by atoms with Crippen molar-refractivity contribution in [2.45, 2.75) is 32.5 Å². The van der Waals surface area contributed by atoms with Crippen LogP contribution in [0.5, 0.6) is 11.8 Å². The van der Waals surface area contributed by atoms with Gasteiger partial charge >= 0.3 is 6.18 Å². The molecule has 5 aromatic heterocycles. The van der Waals surface area contributed by atoms with E-state index in [1.807, 2.05) is 20.2 Å². The molecule has 0 saturated carbocycles. The van der Waals surface area contributed by atoms with E-state index in [0.717, 1.165) is 22.9 Å². The largest absolute Gasteiger partial charge is 0.435 e. The fourth-order valence-electron chi connectivity index (χ4n) is 4.27. The first-order valence-corrected chi connectivity index (χ1v) is 10.4. The summed E-state index contributed by atoms with van der Waals surface area (Å²) in [6, 6.07) is 0.950. The van der Waals surface area contributed by atoms with Gasteiger partial charge in [0.1, 0.15) is 12.0 Å². The van der Waals surface area contributed by atoms with Crippen molar-refractivity contribution in [3.8, 4) is 23.3 Å². The zero-order valence-corrected chi connectivity index (χ0v) is 18.2. The quantitative estimate of drug-likeness (QED) is 0.422. The highest BCUT2D eigenvalue weighted by atomic mass is 19.4. The number of halogens is 3. The van der Waals surface area contributed by atoms with Gasteiger partial charge in [0.15, 0.2) is 11.3 Å². The molecule has 0 unspecified atom stereocenters. The van der Waals surface area contributed by atoms with Crippen molar-refractivity contribution in [1.29, 1.82) is 0 Å². The van der Waals surface area contributed by atoms with E-state index in [0.29, 0.717) is 23.0 Å². The van der Waals surface area contributed by atoms with Crippen molar-refractivity contribution in [3.63, 3.8) is 0 Å². The Labute approximate surface area is 189 Å². The molecule has 11 nitrogen and oxygen atoms in total. The summed E-state index contributed by atoms with van der Waals surface area (Å²) < 4.78 is 50.1. The van der Waals surface area contributed by atoms with E-state index in [2.05, 4.69) is 35.5 Å². The molecule has 1 aliphatic rings. The lowest BCUT2D eigenvalue weighted by molar-refractivity contribution is -0.141. The van der Waals surface area contributed by atoms with E-state index in [-0.39, 0.29) is 24.0 Å². The summed E-state index contributed by atoms with van der Waals surface area (Å²) in [6.45, 7) is 3.80. The maximum absolute atomic E-state index is 13.3. The van der Waals surface area contributed by atoms with Crippen molar-refractivity contribution in [2.75, 3.05) is 0 Å². The average molecular weight is 470 g/mol. The average Bonchev–Trinajstić information content (AvgIpc) is 3.56. The smallest absolute Gasteiger partial charge is 0.418 e. The number of ether oxygens (including phenoxy) is 1. The van der Waals surface area contributed by atoms with Gasteiger partial charge in [-0.15, -0.1) is 10.2 Å². The van der Waals surface area contributed by atoms with Gasteiger partial charge < -0.3 is 4.74 Å². The van der Waals surface area contributed by atoms with Crippen molar-refractivity contribution in [2.24, 2.45) is 7.05 Å². The number of H-pyrrole nitrogens is 1. The molecule has 1 N–H and O–H groups in total. The van der Waals surface area contributed by atoms with E-state index < -0.39 is 11.9 Å². The Morgan fingerprint density at radius 3 is 2.71 bits per heavy atom. The van der Waals surface area contributed by atoms with Crippen molar-refractivity contribution in [3.05, 3.63) is 52.9 Å². The molecule has 34 heavy (non-hydrogen) atoms. The lowest BCUT2D eigenvalue weighted by Crippen LogP contribution is -2.14. The number of fused-ring (bicyclic) bond motifs is 4. The molecular weight excluding hydrogens is 453 g/mol. The van der Waals surface area contributed by atoms with E-state index in [1.54, 1.807) is 17.8 Å². The summed E-state index contributed by atoms with van der Waals surface area (Å²) >= 11 is 0. The monoisotopic (exact) mass is 470 g/mol. The fraction of sp³-hybridized carbons (Fsp3) is 0.300. The van der Waals surface area contributed by atoms with Gasteiger partial charge in [-0.2, -0.15) is 23.4 Å². The van der Waals surface area contributed by atoms with E-state index in [1.165, 1.54) is 15.5 Å². The highest BCUT2D eigenvalue weighted by molar-refractivity contribution is 5.67. The van der Waals surface area contributed by atoms with Crippen LogP contribution in [0, 0.1) is 6.92 Å². The standard InChI is InChI=1S/C20H17F3N10O/c1-4-32-11(5-12(29-32)20(21,22)23)16-26-17-15-14(10-6-25-31(3)7-10)13-9(2)27-28-19(13)34-18(15)24-8-33(17)30-16/h5-8,14H,4H2,1-3H3,(H,27,28)/t14-/m1/s1. The van der Waals surface area contributed by atoms with Crippen LogP contribution in [0.15, 0.2) is 24.8 Å². The molecule has 6 rings (SSSR count). The Kier molecular flexibility index (Phi) is 4.13. The van der Waals surface area contributed by atoms with Crippen molar-refractivity contribution in [1.82, 2.24) is 49.3 Å². The Bertz CT molecular complexity index is 1560. The van der Waals surface area contributed by atoms with Gasteiger partial charge in [0.2, 0.25) is 17.6 Å². The molecule has 0 bridgehead atoms. The molecule has 0 radical (unpaired) electrons. The highest BCUT2D eigenvalue weighted by Gasteiger charge is 2.38. The molecule has 0 spiro atoms. The summed E-state index contributed by atoms with van der Waals surface area (Å²) in [4.78, 5) is 9.00. The van der Waals surface area contributed by atoms with Gasteiger partial charge in [0.25, 0.3) is 0 Å². The Morgan fingerprint density at radius 1 is 1.18 bits per heavy atom.